The van der Waals surface area contributed by atoms with E-state index in [1.165, 1.54) is 11.1 Å². The van der Waals surface area contributed by atoms with Gasteiger partial charge in [0.2, 0.25) is 0 Å². The molecule has 0 saturated heterocycles. The molecule has 2 aromatic rings. The van der Waals surface area contributed by atoms with Crippen molar-refractivity contribution in [1.82, 2.24) is 0 Å². The van der Waals surface area contributed by atoms with Crippen LogP contribution < -0.4 is 5.73 Å². The monoisotopic (exact) mass is 281 g/mol. The van der Waals surface area contributed by atoms with Crippen molar-refractivity contribution in [2.45, 2.75) is 37.3 Å². The number of rotatable bonds is 6. The lowest BCUT2D eigenvalue weighted by atomic mass is 9.79. The van der Waals surface area contributed by atoms with E-state index in [4.69, 9.17) is 5.73 Å². The second-order valence-electron chi connectivity index (χ2n) is 6.34. The fraction of sp³-hybridized carbons (Fsp3) is 0.368. The molecule has 21 heavy (non-hydrogen) atoms. The molecule has 0 heterocycles. The van der Waals surface area contributed by atoms with Crippen LogP contribution in [-0.4, -0.2) is 16.7 Å². The van der Waals surface area contributed by atoms with E-state index in [0.29, 0.717) is 18.8 Å². The first-order valence-corrected chi connectivity index (χ1v) is 7.72. The summed E-state index contributed by atoms with van der Waals surface area (Å²) in [6.07, 6.45) is 3.19. The molecule has 0 bridgehead atoms. The van der Waals surface area contributed by atoms with Crippen LogP contribution in [0.4, 0.5) is 0 Å². The van der Waals surface area contributed by atoms with Crippen LogP contribution in [0.3, 0.4) is 0 Å². The molecule has 110 valence electrons. The van der Waals surface area contributed by atoms with E-state index in [-0.39, 0.29) is 0 Å². The Kier molecular flexibility index (Phi) is 4.09. The number of aliphatic hydroxyl groups excluding tert-OH is 1. The van der Waals surface area contributed by atoms with Crippen LogP contribution >= 0.6 is 0 Å². The number of aliphatic hydroxyl groups is 1. The van der Waals surface area contributed by atoms with Gasteiger partial charge in [0.25, 0.3) is 0 Å². The van der Waals surface area contributed by atoms with Gasteiger partial charge in [-0.25, -0.2) is 0 Å². The van der Waals surface area contributed by atoms with Crippen molar-refractivity contribution in [3.63, 3.8) is 0 Å². The molecule has 0 radical (unpaired) electrons. The highest BCUT2D eigenvalue weighted by Crippen LogP contribution is 2.38. The first-order chi connectivity index (χ1) is 10.2. The Hall–Kier alpha value is -1.64. The van der Waals surface area contributed by atoms with Crippen molar-refractivity contribution in [3.05, 3.63) is 71.8 Å². The topological polar surface area (TPSA) is 46.2 Å². The first-order valence-electron chi connectivity index (χ1n) is 7.72. The van der Waals surface area contributed by atoms with Gasteiger partial charge in [0.05, 0.1) is 11.6 Å². The summed E-state index contributed by atoms with van der Waals surface area (Å²) in [5.41, 5.74) is 8.48. The van der Waals surface area contributed by atoms with Crippen LogP contribution in [0.25, 0.3) is 0 Å². The fourth-order valence-electron chi connectivity index (χ4n) is 3.10. The predicted molar refractivity (Wildman–Crippen MR) is 85.9 cm³/mol. The molecule has 2 nitrogen and oxygen atoms in total. The molecule has 1 aliphatic carbocycles. The van der Waals surface area contributed by atoms with Gasteiger partial charge in [-0.15, -0.1) is 0 Å². The standard InChI is InChI=1S/C19H23NO/c20-19(18(21)17-11-12-17,13-15-7-3-1-4-8-15)14-16-9-5-2-6-10-16/h1-10,17-18,21H,11-14,20H2. The minimum absolute atomic E-state index is 0.377. The quantitative estimate of drug-likeness (QED) is 0.855. The highest BCUT2D eigenvalue weighted by molar-refractivity contribution is 5.24. The second kappa shape index (κ2) is 6.00. The van der Waals surface area contributed by atoms with Gasteiger partial charge in [0, 0.05) is 0 Å². The van der Waals surface area contributed by atoms with Gasteiger partial charge in [0.1, 0.15) is 0 Å². The average Bonchev–Trinajstić information content (AvgIpc) is 3.33. The maximum Gasteiger partial charge on any atom is 0.0754 e. The van der Waals surface area contributed by atoms with Crippen LogP contribution in [0.5, 0.6) is 0 Å². The summed E-state index contributed by atoms with van der Waals surface area (Å²) in [6.45, 7) is 0. The minimum atomic E-state index is -0.593. The van der Waals surface area contributed by atoms with Gasteiger partial charge in [-0.3, -0.25) is 0 Å². The molecule has 2 aromatic carbocycles. The van der Waals surface area contributed by atoms with E-state index in [0.717, 1.165) is 12.8 Å². The van der Waals surface area contributed by atoms with Crippen LogP contribution in [0, 0.1) is 5.92 Å². The van der Waals surface area contributed by atoms with Crippen molar-refractivity contribution in [2.24, 2.45) is 11.7 Å². The van der Waals surface area contributed by atoms with Gasteiger partial charge < -0.3 is 10.8 Å². The van der Waals surface area contributed by atoms with Crippen LogP contribution in [-0.2, 0) is 12.8 Å². The van der Waals surface area contributed by atoms with Gasteiger partial charge in [-0.05, 0) is 42.7 Å². The molecule has 0 aliphatic heterocycles. The molecule has 3 N–H and O–H groups in total. The third-order valence-electron chi connectivity index (χ3n) is 4.41. The van der Waals surface area contributed by atoms with E-state index in [9.17, 15) is 5.11 Å². The van der Waals surface area contributed by atoms with Crippen LogP contribution in [0.1, 0.15) is 24.0 Å². The Balaban J connectivity index is 1.83. The van der Waals surface area contributed by atoms with Gasteiger partial charge in [-0.1, -0.05) is 60.7 Å². The smallest absolute Gasteiger partial charge is 0.0754 e. The first kappa shape index (κ1) is 14.3. The zero-order valence-electron chi connectivity index (χ0n) is 12.3. The third-order valence-corrected chi connectivity index (χ3v) is 4.41. The maximum atomic E-state index is 10.7. The van der Waals surface area contributed by atoms with E-state index >= 15 is 0 Å². The van der Waals surface area contributed by atoms with Gasteiger partial charge >= 0.3 is 0 Å². The Bertz CT molecular complexity index is 521. The van der Waals surface area contributed by atoms with Crippen LogP contribution in [0.2, 0.25) is 0 Å². The maximum absolute atomic E-state index is 10.7. The van der Waals surface area contributed by atoms with E-state index in [1.807, 2.05) is 36.4 Å². The molecule has 1 atom stereocenters. The summed E-state index contributed by atoms with van der Waals surface area (Å²) in [4.78, 5) is 0. The van der Waals surface area contributed by atoms with Gasteiger partial charge in [0.15, 0.2) is 0 Å². The zero-order chi connectivity index (χ0) is 14.7. The van der Waals surface area contributed by atoms with E-state index in [1.54, 1.807) is 0 Å². The second-order valence-corrected chi connectivity index (χ2v) is 6.34. The molecular formula is C19H23NO. The summed E-state index contributed by atoms with van der Waals surface area (Å²) in [7, 11) is 0. The minimum Gasteiger partial charge on any atom is -0.391 e. The Morgan fingerprint density at radius 3 is 1.71 bits per heavy atom. The SMILES string of the molecule is NC(Cc1ccccc1)(Cc1ccccc1)C(O)C1CC1. The van der Waals surface area contributed by atoms with Crippen molar-refractivity contribution in [3.8, 4) is 0 Å². The van der Waals surface area contributed by atoms with Crippen molar-refractivity contribution in [1.29, 1.82) is 0 Å². The number of benzene rings is 2. The molecule has 0 spiro atoms. The number of hydrogen-bond donors (Lipinski definition) is 2. The highest BCUT2D eigenvalue weighted by Gasteiger charge is 2.43. The fourth-order valence-corrected chi connectivity index (χ4v) is 3.10. The molecule has 0 amide bonds. The lowest BCUT2D eigenvalue weighted by Gasteiger charge is -2.35. The normalized spacial score (nSPS) is 16.7. The molecule has 1 aliphatic rings. The summed E-state index contributed by atoms with van der Waals surface area (Å²) in [6, 6.07) is 20.5. The molecule has 1 unspecified atom stereocenters. The largest absolute Gasteiger partial charge is 0.391 e. The molecule has 2 heteroatoms. The van der Waals surface area contributed by atoms with Crippen molar-refractivity contribution < 1.29 is 5.11 Å². The summed E-state index contributed by atoms with van der Waals surface area (Å²) < 4.78 is 0. The highest BCUT2D eigenvalue weighted by atomic mass is 16.3. The Labute approximate surface area is 126 Å². The Morgan fingerprint density at radius 2 is 1.33 bits per heavy atom. The van der Waals surface area contributed by atoms with Gasteiger partial charge in [-0.2, -0.15) is 0 Å². The molecule has 0 aromatic heterocycles. The lowest BCUT2D eigenvalue weighted by molar-refractivity contribution is 0.0637. The predicted octanol–water partition coefficient (Wildman–Crippen LogP) is 2.94. The average molecular weight is 281 g/mol. The summed E-state index contributed by atoms with van der Waals surface area (Å²) in [5.74, 6) is 0.377. The van der Waals surface area contributed by atoms with Crippen molar-refractivity contribution in [2.75, 3.05) is 0 Å². The molecule has 1 fully saturated rings. The molecule has 1 saturated carbocycles. The van der Waals surface area contributed by atoms with E-state index in [2.05, 4.69) is 24.3 Å². The zero-order valence-corrected chi connectivity index (χ0v) is 12.3. The third kappa shape index (κ3) is 3.52. The van der Waals surface area contributed by atoms with Crippen molar-refractivity contribution >= 4 is 0 Å². The summed E-state index contributed by atoms with van der Waals surface area (Å²) in [5, 5.41) is 10.7. The lowest BCUT2D eigenvalue weighted by Crippen LogP contribution is -2.55. The van der Waals surface area contributed by atoms with Crippen LogP contribution in [0.15, 0.2) is 60.7 Å². The van der Waals surface area contributed by atoms with E-state index < -0.39 is 11.6 Å². The Morgan fingerprint density at radius 1 is 0.905 bits per heavy atom. The summed E-state index contributed by atoms with van der Waals surface area (Å²) >= 11 is 0. The molecule has 3 rings (SSSR count). The number of nitrogens with two attached hydrogens (primary N) is 1. The number of hydrogen-bond acceptors (Lipinski definition) is 2. The molecular weight excluding hydrogens is 258 g/mol.